The fourth-order valence-electron chi connectivity index (χ4n) is 5.80. The van der Waals surface area contributed by atoms with Crippen LogP contribution in [0.25, 0.3) is 10.9 Å². The van der Waals surface area contributed by atoms with E-state index in [0.29, 0.717) is 34.4 Å². The number of rotatable bonds is 7. The first-order chi connectivity index (χ1) is 19.3. The van der Waals surface area contributed by atoms with Crippen molar-refractivity contribution in [1.29, 1.82) is 0 Å². The second-order valence-electron chi connectivity index (χ2n) is 11.0. The SMILES string of the molecule is CC(=O)c1cccc(NC(=O)Nc2ccc3c(c2)c(=O)n(C2CCN(C)CC2)c(=O)n3CCN2CCCCC2)c1. The van der Waals surface area contributed by atoms with Crippen LogP contribution < -0.4 is 21.9 Å². The van der Waals surface area contributed by atoms with Gasteiger partial charge in [-0.05, 0) is 96.2 Å². The van der Waals surface area contributed by atoms with Gasteiger partial charge in [-0.1, -0.05) is 18.6 Å². The Bertz CT molecular complexity index is 1510. The van der Waals surface area contributed by atoms with Gasteiger partial charge in [-0.2, -0.15) is 0 Å². The smallest absolute Gasteiger partial charge is 0.308 e. The Balaban J connectivity index is 1.46. The molecule has 2 saturated heterocycles. The molecule has 40 heavy (non-hydrogen) atoms. The highest BCUT2D eigenvalue weighted by Gasteiger charge is 2.24. The minimum absolute atomic E-state index is 0.0918. The molecule has 2 N–H and O–H groups in total. The van der Waals surface area contributed by atoms with Gasteiger partial charge in [0.2, 0.25) is 0 Å². The molecule has 10 heteroatoms. The van der Waals surface area contributed by atoms with E-state index < -0.39 is 6.03 Å². The topological polar surface area (TPSA) is 109 Å². The van der Waals surface area contributed by atoms with Gasteiger partial charge in [0.15, 0.2) is 5.78 Å². The van der Waals surface area contributed by atoms with Gasteiger partial charge in [0.1, 0.15) is 0 Å². The molecule has 2 aromatic carbocycles. The van der Waals surface area contributed by atoms with E-state index >= 15 is 0 Å². The van der Waals surface area contributed by atoms with E-state index in [2.05, 4.69) is 27.5 Å². The van der Waals surface area contributed by atoms with Gasteiger partial charge >= 0.3 is 11.7 Å². The van der Waals surface area contributed by atoms with Crippen LogP contribution in [-0.4, -0.2) is 70.5 Å². The van der Waals surface area contributed by atoms with Crippen LogP contribution in [0.5, 0.6) is 0 Å². The predicted octanol–water partition coefficient (Wildman–Crippen LogP) is 3.76. The van der Waals surface area contributed by atoms with Crippen LogP contribution in [0.15, 0.2) is 52.1 Å². The highest BCUT2D eigenvalue weighted by Crippen LogP contribution is 2.22. The third-order valence-corrected chi connectivity index (χ3v) is 8.10. The van der Waals surface area contributed by atoms with Gasteiger partial charge in [0.25, 0.3) is 5.56 Å². The van der Waals surface area contributed by atoms with Gasteiger partial charge in [-0.3, -0.25) is 18.7 Å². The normalized spacial score (nSPS) is 17.1. The Morgan fingerprint density at radius 3 is 2.27 bits per heavy atom. The summed E-state index contributed by atoms with van der Waals surface area (Å²) in [4.78, 5) is 56.6. The lowest BCUT2D eigenvalue weighted by molar-refractivity contribution is 0.101. The Morgan fingerprint density at radius 1 is 0.875 bits per heavy atom. The fourth-order valence-corrected chi connectivity index (χ4v) is 5.80. The third-order valence-electron chi connectivity index (χ3n) is 8.10. The van der Waals surface area contributed by atoms with Crippen LogP contribution in [0.1, 0.15) is 55.4 Å². The highest BCUT2D eigenvalue weighted by molar-refractivity contribution is 6.02. The number of ketones is 1. The van der Waals surface area contributed by atoms with Gasteiger partial charge < -0.3 is 20.4 Å². The standard InChI is InChI=1S/C30H38N6O4/c1-21(37)22-7-6-8-23(19-22)31-29(39)32-24-9-10-27-26(20-24)28(38)36(25-11-15-33(2)16-12-25)30(40)35(27)18-17-34-13-4-3-5-14-34/h6-10,19-20,25H,3-5,11-18H2,1-2H3,(H2,31,32,39). The quantitative estimate of drug-likeness (QED) is 0.437. The first-order valence-electron chi connectivity index (χ1n) is 14.2. The van der Waals surface area contributed by atoms with Crippen molar-refractivity contribution in [2.24, 2.45) is 0 Å². The van der Waals surface area contributed by atoms with Crippen LogP contribution in [0.2, 0.25) is 0 Å². The van der Waals surface area contributed by atoms with Crippen molar-refractivity contribution >= 4 is 34.1 Å². The van der Waals surface area contributed by atoms with Crippen molar-refractivity contribution in [3.8, 4) is 0 Å². The van der Waals surface area contributed by atoms with Crippen LogP contribution in [0.4, 0.5) is 16.2 Å². The molecule has 2 aliphatic heterocycles. The van der Waals surface area contributed by atoms with Gasteiger partial charge in [-0.15, -0.1) is 0 Å². The first kappa shape index (κ1) is 27.8. The number of carbonyl (C=O) groups excluding carboxylic acids is 2. The van der Waals surface area contributed by atoms with Crippen molar-refractivity contribution < 1.29 is 9.59 Å². The second kappa shape index (κ2) is 12.2. The molecule has 2 aliphatic rings. The van der Waals surface area contributed by atoms with E-state index in [1.807, 2.05) is 0 Å². The number of benzene rings is 2. The summed E-state index contributed by atoms with van der Waals surface area (Å²) in [7, 11) is 2.05. The van der Waals surface area contributed by atoms with Crippen LogP contribution >= 0.6 is 0 Å². The molecule has 212 valence electrons. The molecule has 10 nitrogen and oxygen atoms in total. The zero-order valence-corrected chi connectivity index (χ0v) is 23.3. The average Bonchev–Trinajstić information content (AvgIpc) is 2.95. The second-order valence-corrected chi connectivity index (χ2v) is 11.0. The molecule has 2 fully saturated rings. The Morgan fingerprint density at radius 2 is 1.57 bits per heavy atom. The number of hydrogen-bond acceptors (Lipinski definition) is 6. The number of fused-ring (bicyclic) bond motifs is 1. The summed E-state index contributed by atoms with van der Waals surface area (Å²) >= 11 is 0. The van der Waals surface area contributed by atoms with Crippen LogP contribution in [0.3, 0.4) is 0 Å². The number of piperidine rings is 2. The number of nitrogens with one attached hydrogen (secondary N) is 2. The maximum atomic E-state index is 13.8. The zero-order chi connectivity index (χ0) is 28.2. The molecule has 0 unspecified atom stereocenters. The molecule has 0 atom stereocenters. The van der Waals surface area contributed by atoms with Crippen molar-refractivity contribution in [1.82, 2.24) is 18.9 Å². The van der Waals surface area contributed by atoms with E-state index in [1.54, 1.807) is 47.0 Å². The van der Waals surface area contributed by atoms with Crippen molar-refractivity contribution in [2.75, 3.05) is 50.4 Å². The van der Waals surface area contributed by atoms with E-state index in [0.717, 1.165) is 45.6 Å². The molecule has 2 amide bonds. The minimum Gasteiger partial charge on any atom is -0.308 e. The Hall–Kier alpha value is -3.76. The predicted molar refractivity (Wildman–Crippen MR) is 158 cm³/mol. The fraction of sp³-hybridized carbons (Fsp3) is 0.467. The highest BCUT2D eigenvalue weighted by atomic mass is 16.2. The molecular weight excluding hydrogens is 508 g/mol. The number of amides is 2. The van der Waals surface area contributed by atoms with E-state index in [9.17, 15) is 19.2 Å². The number of nitrogens with zero attached hydrogens (tertiary/aromatic N) is 4. The van der Waals surface area contributed by atoms with Gasteiger partial charge in [-0.25, -0.2) is 9.59 Å². The summed E-state index contributed by atoms with van der Waals surface area (Å²) in [5, 5.41) is 5.95. The number of Topliss-reactive ketones (excluding diaryl/α,β-unsaturated/α-hetero) is 1. The van der Waals surface area contributed by atoms with Crippen molar-refractivity contribution in [3.63, 3.8) is 0 Å². The molecule has 0 bridgehead atoms. The summed E-state index contributed by atoms with van der Waals surface area (Å²) in [6.45, 7) is 6.44. The van der Waals surface area contributed by atoms with E-state index in [-0.39, 0.29) is 23.1 Å². The minimum atomic E-state index is -0.492. The Kier molecular flexibility index (Phi) is 8.46. The van der Waals surface area contributed by atoms with Crippen molar-refractivity contribution in [2.45, 2.75) is 51.6 Å². The zero-order valence-electron chi connectivity index (χ0n) is 23.3. The summed E-state index contributed by atoms with van der Waals surface area (Å²) in [5.41, 5.74) is 1.44. The van der Waals surface area contributed by atoms with E-state index in [1.165, 1.54) is 30.8 Å². The van der Waals surface area contributed by atoms with Gasteiger partial charge in [0.05, 0.1) is 10.9 Å². The monoisotopic (exact) mass is 546 g/mol. The molecule has 0 radical (unpaired) electrons. The number of urea groups is 1. The van der Waals surface area contributed by atoms with Gasteiger partial charge in [0, 0.05) is 36.1 Å². The summed E-state index contributed by atoms with van der Waals surface area (Å²) in [5.74, 6) is -0.0918. The van der Waals surface area contributed by atoms with Crippen molar-refractivity contribution in [3.05, 3.63) is 68.9 Å². The van der Waals surface area contributed by atoms with E-state index in [4.69, 9.17) is 0 Å². The molecule has 3 aromatic rings. The lowest BCUT2D eigenvalue weighted by atomic mass is 10.0. The summed E-state index contributed by atoms with van der Waals surface area (Å²) in [6.07, 6.45) is 5.06. The number of hydrogen-bond donors (Lipinski definition) is 2. The lowest BCUT2D eigenvalue weighted by Crippen LogP contribution is -2.46. The van der Waals surface area contributed by atoms with Crippen LogP contribution in [0, 0.1) is 0 Å². The molecular formula is C30H38N6O4. The number of aromatic nitrogens is 2. The number of anilines is 2. The molecule has 0 saturated carbocycles. The lowest BCUT2D eigenvalue weighted by Gasteiger charge is -2.31. The Labute approximate surface area is 233 Å². The largest absolute Gasteiger partial charge is 0.331 e. The maximum Gasteiger partial charge on any atom is 0.331 e. The molecule has 1 aromatic heterocycles. The molecule has 0 aliphatic carbocycles. The molecule has 3 heterocycles. The van der Waals surface area contributed by atoms with Crippen LogP contribution in [-0.2, 0) is 6.54 Å². The maximum absolute atomic E-state index is 13.8. The summed E-state index contributed by atoms with van der Waals surface area (Å²) in [6, 6.07) is 11.2. The number of likely N-dealkylation sites (tertiary alicyclic amines) is 2. The molecule has 0 spiro atoms. The summed E-state index contributed by atoms with van der Waals surface area (Å²) < 4.78 is 3.18. The average molecular weight is 547 g/mol. The molecule has 5 rings (SSSR count). The first-order valence-corrected chi connectivity index (χ1v) is 14.2. The number of carbonyl (C=O) groups is 2. The third kappa shape index (κ3) is 6.18.